The summed E-state index contributed by atoms with van der Waals surface area (Å²) in [5.41, 5.74) is 1.11. The predicted octanol–water partition coefficient (Wildman–Crippen LogP) is 2.12. The van der Waals surface area contributed by atoms with Gasteiger partial charge in [-0.15, -0.1) is 0 Å². The van der Waals surface area contributed by atoms with Gasteiger partial charge in [0.25, 0.3) is 0 Å². The molecule has 2 amide bonds. The second-order valence-electron chi connectivity index (χ2n) is 8.81. The van der Waals surface area contributed by atoms with Gasteiger partial charge in [-0.25, -0.2) is 0 Å². The first-order valence-electron chi connectivity index (χ1n) is 11.2. The first kappa shape index (κ1) is 21.6. The summed E-state index contributed by atoms with van der Waals surface area (Å²) in [5, 5.41) is 0. The molecular formula is C24H31N3O4. The second kappa shape index (κ2) is 9.22. The molecular weight excluding hydrogens is 394 g/mol. The van der Waals surface area contributed by atoms with Crippen molar-refractivity contribution in [1.29, 1.82) is 0 Å². The van der Waals surface area contributed by atoms with E-state index in [9.17, 15) is 14.4 Å². The maximum absolute atomic E-state index is 12.7. The lowest BCUT2D eigenvalue weighted by molar-refractivity contribution is -0.143. The number of carbonyl (C=O) groups is 3. The van der Waals surface area contributed by atoms with E-state index in [1.165, 1.54) is 4.90 Å². The molecule has 0 radical (unpaired) electrons. The number of ether oxygens (including phenoxy) is 1. The number of imide groups is 1. The van der Waals surface area contributed by atoms with Crippen LogP contribution in [-0.4, -0.2) is 72.8 Å². The first-order valence-corrected chi connectivity index (χ1v) is 11.2. The molecule has 1 aromatic carbocycles. The van der Waals surface area contributed by atoms with Crippen LogP contribution in [0.25, 0.3) is 0 Å². The number of allylic oxidation sites excluding steroid dienone is 2. The number of likely N-dealkylation sites (tertiary alicyclic amines) is 1. The van der Waals surface area contributed by atoms with Gasteiger partial charge < -0.3 is 9.64 Å². The number of piperazine rings is 1. The fourth-order valence-electron chi connectivity index (χ4n) is 4.69. The Kier molecular flexibility index (Phi) is 6.41. The van der Waals surface area contributed by atoms with Crippen LogP contribution in [0.5, 0.6) is 5.75 Å². The highest BCUT2D eigenvalue weighted by atomic mass is 16.5. The summed E-state index contributed by atoms with van der Waals surface area (Å²) < 4.78 is 5.95. The van der Waals surface area contributed by atoms with Crippen LogP contribution in [0.1, 0.15) is 26.7 Å². The molecule has 0 bridgehead atoms. The zero-order valence-corrected chi connectivity index (χ0v) is 18.3. The van der Waals surface area contributed by atoms with E-state index in [2.05, 4.69) is 15.9 Å². The van der Waals surface area contributed by atoms with Crippen LogP contribution < -0.4 is 9.64 Å². The van der Waals surface area contributed by atoms with E-state index in [-0.39, 0.29) is 42.1 Å². The Morgan fingerprint density at radius 3 is 2.55 bits per heavy atom. The number of para-hydroxylation sites is 2. The highest BCUT2D eigenvalue weighted by Crippen LogP contribution is 2.33. The molecule has 4 rings (SSSR count). The minimum Gasteiger partial charge on any atom is -0.489 e. The van der Waals surface area contributed by atoms with Crippen molar-refractivity contribution in [2.45, 2.75) is 32.8 Å². The Morgan fingerprint density at radius 2 is 1.84 bits per heavy atom. The number of hydrogen-bond acceptors (Lipinski definition) is 6. The lowest BCUT2D eigenvalue weighted by Crippen LogP contribution is -2.47. The van der Waals surface area contributed by atoms with Crippen molar-refractivity contribution >= 4 is 23.3 Å². The van der Waals surface area contributed by atoms with Gasteiger partial charge in [-0.05, 0) is 38.5 Å². The van der Waals surface area contributed by atoms with Crippen molar-refractivity contribution in [2.75, 3.05) is 44.2 Å². The maximum Gasteiger partial charge on any atom is 0.233 e. The Balaban J connectivity index is 1.27. The minimum atomic E-state index is -0.349. The predicted molar refractivity (Wildman–Crippen MR) is 118 cm³/mol. The highest BCUT2D eigenvalue weighted by Gasteiger charge is 2.46. The molecule has 0 spiro atoms. The van der Waals surface area contributed by atoms with Gasteiger partial charge in [-0.2, -0.15) is 0 Å². The number of amides is 2. The number of hydrogen-bond donors (Lipinski definition) is 0. The molecule has 31 heavy (non-hydrogen) atoms. The summed E-state index contributed by atoms with van der Waals surface area (Å²) in [5.74, 6) is -0.169. The molecule has 7 nitrogen and oxygen atoms in total. The molecule has 0 aromatic heterocycles. The molecule has 2 saturated heterocycles. The number of benzene rings is 1. The third-order valence-electron chi connectivity index (χ3n) is 6.37. The van der Waals surface area contributed by atoms with Crippen molar-refractivity contribution < 1.29 is 19.1 Å². The van der Waals surface area contributed by atoms with E-state index < -0.39 is 0 Å². The van der Waals surface area contributed by atoms with E-state index in [0.717, 1.165) is 37.6 Å². The third kappa shape index (κ3) is 4.66. The van der Waals surface area contributed by atoms with Crippen LogP contribution in [0.3, 0.4) is 0 Å². The van der Waals surface area contributed by atoms with Crippen LogP contribution in [0.2, 0.25) is 0 Å². The molecule has 1 aliphatic carbocycles. The highest BCUT2D eigenvalue weighted by molar-refractivity contribution is 6.05. The van der Waals surface area contributed by atoms with Crippen molar-refractivity contribution in [2.24, 2.45) is 11.8 Å². The van der Waals surface area contributed by atoms with Gasteiger partial charge in [0, 0.05) is 45.7 Å². The smallest absolute Gasteiger partial charge is 0.233 e. The Morgan fingerprint density at radius 1 is 1.10 bits per heavy atom. The topological polar surface area (TPSA) is 70.2 Å². The number of fused-ring (bicyclic) bond motifs is 1. The Hall–Kier alpha value is -2.67. The summed E-state index contributed by atoms with van der Waals surface area (Å²) in [6, 6.07) is 8.11. The van der Waals surface area contributed by atoms with Gasteiger partial charge in [0.1, 0.15) is 5.75 Å². The van der Waals surface area contributed by atoms with Crippen LogP contribution in [-0.2, 0) is 14.4 Å². The van der Waals surface area contributed by atoms with Crippen LogP contribution in [0, 0.1) is 11.8 Å². The fourth-order valence-corrected chi connectivity index (χ4v) is 4.69. The largest absolute Gasteiger partial charge is 0.489 e. The van der Waals surface area contributed by atoms with E-state index >= 15 is 0 Å². The van der Waals surface area contributed by atoms with Gasteiger partial charge in [0.2, 0.25) is 11.8 Å². The molecule has 3 aliphatic rings. The molecule has 2 heterocycles. The minimum absolute atomic E-state index is 0.0299. The van der Waals surface area contributed by atoms with E-state index in [0.29, 0.717) is 19.4 Å². The number of ketones is 1. The molecule has 0 N–H and O–H groups in total. The molecule has 2 aliphatic heterocycles. The SMILES string of the molecule is CC(C)Oc1ccccc1N1CCN(CCC(=O)N2CC3C(=O)C=CCC3C2=O)CC1. The quantitative estimate of drug-likeness (QED) is 0.695. The van der Waals surface area contributed by atoms with Crippen LogP contribution >= 0.6 is 0 Å². The first-order chi connectivity index (χ1) is 14.9. The molecule has 1 aromatic rings. The maximum atomic E-state index is 12.7. The summed E-state index contributed by atoms with van der Waals surface area (Å²) in [4.78, 5) is 43.2. The fraction of sp³-hybridized carbons (Fsp3) is 0.542. The van der Waals surface area contributed by atoms with Crippen molar-refractivity contribution in [3.63, 3.8) is 0 Å². The van der Waals surface area contributed by atoms with E-state index in [1.807, 2.05) is 32.0 Å². The average molecular weight is 426 g/mol. The monoisotopic (exact) mass is 425 g/mol. The zero-order valence-electron chi connectivity index (χ0n) is 18.3. The average Bonchev–Trinajstić information content (AvgIpc) is 3.10. The van der Waals surface area contributed by atoms with Gasteiger partial charge in [-0.1, -0.05) is 18.2 Å². The normalized spacial score (nSPS) is 24.1. The third-order valence-corrected chi connectivity index (χ3v) is 6.37. The molecule has 2 unspecified atom stereocenters. The standard InChI is InChI=1S/C24H31N3O4/c1-17(2)31-22-9-4-3-7-20(22)26-14-12-25(13-15-26)11-10-23(29)27-16-19-18(24(27)30)6-5-8-21(19)28/h3-5,7-9,17-19H,6,10-16H2,1-2H3. The summed E-state index contributed by atoms with van der Waals surface area (Å²) in [6.07, 6.45) is 4.28. The lowest BCUT2D eigenvalue weighted by Gasteiger charge is -2.37. The molecule has 0 saturated carbocycles. The van der Waals surface area contributed by atoms with Crippen LogP contribution in [0.15, 0.2) is 36.4 Å². The van der Waals surface area contributed by atoms with Gasteiger partial charge in [-0.3, -0.25) is 24.2 Å². The summed E-state index contributed by atoms with van der Waals surface area (Å²) in [6.45, 7) is 8.35. The molecule has 2 atom stereocenters. The molecule has 166 valence electrons. The van der Waals surface area contributed by atoms with Crippen molar-refractivity contribution in [3.8, 4) is 5.75 Å². The summed E-state index contributed by atoms with van der Waals surface area (Å²) >= 11 is 0. The Bertz CT molecular complexity index is 873. The molecule has 2 fully saturated rings. The molecule has 7 heteroatoms. The van der Waals surface area contributed by atoms with Gasteiger partial charge >= 0.3 is 0 Å². The number of rotatable bonds is 6. The Labute approximate surface area is 183 Å². The summed E-state index contributed by atoms with van der Waals surface area (Å²) in [7, 11) is 0. The van der Waals surface area contributed by atoms with Gasteiger partial charge in [0.05, 0.1) is 23.6 Å². The van der Waals surface area contributed by atoms with Gasteiger partial charge in [0.15, 0.2) is 5.78 Å². The van der Waals surface area contributed by atoms with Crippen LogP contribution in [0.4, 0.5) is 5.69 Å². The van der Waals surface area contributed by atoms with Crippen molar-refractivity contribution in [1.82, 2.24) is 9.80 Å². The zero-order chi connectivity index (χ0) is 22.0. The van der Waals surface area contributed by atoms with E-state index in [1.54, 1.807) is 12.2 Å². The van der Waals surface area contributed by atoms with E-state index in [4.69, 9.17) is 4.74 Å². The van der Waals surface area contributed by atoms with Crippen molar-refractivity contribution in [3.05, 3.63) is 36.4 Å². The lowest BCUT2D eigenvalue weighted by atomic mass is 9.85. The number of anilines is 1. The number of nitrogens with zero attached hydrogens (tertiary/aromatic N) is 3. The second-order valence-corrected chi connectivity index (χ2v) is 8.81. The number of carbonyl (C=O) groups excluding carboxylic acids is 3.